The van der Waals surface area contributed by atoms with E-state index in [1.54, 1.807) is 12.1 Å². The monoisotopic (exact) mass is 520 g/mol. The number of nitrogens with one attached hydrogen (secondary N) is 2. The molecule has 0 aromatic heterocycles. The minimum absolute atomic E-state index is 0.0666. The molecule has 0 aliphatic rings. The Bertz CT molecular complexity index is 1050. The number of alkyl halides is 3. The van der Waals surface area contributed by atoms with Crippen molar-refractivity contribution in [2.75, 3.05) is 19.0 Å². The smallest absolute Gasteiger partial charge is 0.417 e. The molecule has 0 bridgehead atoms. The molecule has 5 N–H and O–H groups in total. The number of carbonyl (C=O) groups excluding carboxylic acids is 2. The molecule has 2 aromatic rings. The van der Waals surface area contributed by atoms with Gasteiger partial charge in [-0.15, -0.1) is 0 Å². The molecule has 2 aromatic carbocycles. The third kappa shape index (κ3) is 10.3. The van der Waals surface area contributed by atoms with Crippen LogP contribution in [0, 0.1) is 0 Å². The van der Waals surface area contributed by atoms with Gasteiger partial charge < -0.3 is 25.4 Å². The zero-order valence-corrected chi connectivity index (χ0v) is 18.7. The lowest BCUT2D eigenvalue weighted by atomic mass is 10.1. The van der Waals surface area contributed by atoms with Crippen LogP contribution in [-0.2, 0) is 36.5 Å². The number of amides is 1. The van der Waals surface area contributed by atoms with E-state index in [-0.39, 0.29) is 24.4 Å². The second kappa shape index (κ2) is 13.2. The van der Waals surface area contributed by atoms with Crippen LogP contribution in [-0.4, -0.2) is 58.8 Å². The SMILES string of the molecule is COC(=O)C(Cc1ccc(O)cc1)NCC(=O)Nc1ccc(Cl)c(C(F)(F)F)c1.O=C(O)C(=O)O. The summed E-state index contributed by atoms with van der Waals surface area (Å²) in [5.74, 6) is -4.85. The second-order valence-corrected chi connectivity index (χ2v) is 7.09. The summed E-state index contributed by atoms with van der Waals surface area (Å²) in [6.45, 7) is -0.345. The summed E-state index contributed by atoms with van der Waals surface area (Å²) in [7, 11) is 1.19. The summed E-state index contributed by atoms with van der Waals surface area (Å²) in [4.78, 5) is 42.2. The van der Waals surface area contributed by atoms with Gasteiger partial charge in [0.25, 0.3) is 0 Å². The number of benzene rings is 2. The number of hydrogen-bond acceptors (Lipinski definition) is 7. The van der Waals surface area contributed by atoms with Gasteiger partial charge in [-0.3, -0.25) is 14.9 Å². The first-order valence-electron chi connectivity index (χ1n) is 9.46. The van der Waals surface area contributed by atoms with E-state index in [0.29, 0.717) is 5.56 Å². The molecule has 10 nitrogen and oxygen atoms in total. The number of carboxylic acids is 2. The van der Waals surface area contributed by atoms with E-state index in [1.807, 2.05) is 0 Å². The molecule has 14 heteroatoms. The standard InChI is InChI=1S/C19H18ClF3N2O4.C2H2O4/c1-29-18(28)16(8-11-2-5-13(26)6-3-11)24-10-17(27)25-12-4-7-15(20)14(9-12)19(21,22)23;3-1(4)2(5)6/h2-7,9,16,24,26H,8,10H2,1H3,(H,25,27);(H,3,4)(H,5,6). The van der Waals surface area contributed by atoms with E-state index in [4.69, 9.17) is 36.1 Å². The van der Waals surface area contributed by atoms with Crippen LogP contribution in [0.2, 0.25) is 5.02 Å². The number of carbonyl (C=O) groups is 4. The van der Waals surface area contributed by atoms with Crippen molar-refractivity contribution in [2.24, 2.45) is 0 Å². The van der Waals surface area contributed by atoms with Gasteiger partial charge in [-0.25, -0.2) is 9.59 Å². The predicted molar refractivity (Wildman–Crippen MR) is 116 cm³/mol. The molecule has 0 saturated heterocycles. The van der Waals surface area contributed by atoms with E-state index in [0.717, 1.165) is 12.1 Å². The molecule has 1 amide bonds. The van der Waals surface area contributed by atoms with Gasteiger partial charge in [0.15, 0.2) is 0 Å². The topological polar surface area (TPSA) is 162 Å². The number of carboxylic acid groups (broad SMARTS) is 2. The molecular formula is C21H20ClF3N2O8. The summed E-state index contributed by atoms with van der Waals surface area (Å²) in [6, 6.07) is 8.27. The Morgan fingerprint density at radius 2 is 1.60 bits per heavy atom. The van der Waals surface area contributed by atoms with Crippen molar-refractivity contribution in [1.29, 1.82) is 0 Å². The van der Waals surface area contributed by atoms with Crippen LogP contribution in [0.4, 0.5) is 18.9 Å². The molecule has 2 rings (SSSR count). The largest absolute Gasteiger partial charge is 0.508 e. The first-order valence-corrected chi connectivity index (χ1v) is 9.84. The minimum atomic E-state index is -4.66. The number of phenolic OH excluding ortho intramolecular Hbond substituents is 1. The zero-order valence-electron chi connectivity index (χ0n) is 17.9. The van der Waals surface area contributed by atoms with Gasteiger partial charge in [-0.05, 0) is 42.3 Å². The van der Waals surface area contributed by atoms with Gasteiger partial charge >= 0.3 is 24.1 Å². The molecule has 1 atom stereocenters. The van der Waals surface area contributed by atoms with Crippen LogP contribution in [0.25, 0.3) is 0 Å². The van der Waals surface area contributed by atoms with Crippen molar-refractivity contribution in [3.63, 3.8) is 0 Å². The van der Waals surface area contributed by atoms with Gasteiger partial charge in [0.2, 0.25) is 5.91 Å². The summed E-state index contributed by atoms with van der Waals surface area (Å²) < 4.78 is 43.4. The Balaban J connectivity index is 0.000000905. The molecule has 0 spiro atoms. The molecule has 0 radical (unpaired) electrons. The highest BCUT2D eigenvalue weighted by molar-refractivity contribution is 6.31. The maximum absolute atomic E-state index is 12.9. The van der Waals surface area contributed by atoms with E-state index >= 15 is 0 Å². The Morgan fingerprint density at radius 3 is 2.09 bits per heavy atom. The Hall–Kier alpha value is -3.84. The van der Waals surface area contributed by atoms with Gasteiger partial charge in [0, 0.05) is 5.69 Å². The van der Waals surface area contributed by atoms with Gasteiger partial charge in [0.05, 0.1) is 24.2 Å². The number of phenols is 1. The highest BCUT2D eigenvalue weighted by Crippen LogP contribution is 2.36. The highest BCUT2D eigenvalue weighted by atomic mass is 35.5. The number of methoxy groups -OCH3 is 1. The second-order valence-electron chi connectivity index (χ2n) is 6.68. The van der Waals surface area contributed by atoms with Crippen LogP contribution < -0.4 is 10.6 Å². The van der Waals surface area contributed by atoms with Crippen LogP contribution >= 0.6 is 11.6 Å². The van der Waals surface area contributed by atoms with Crippen molar-refractivity contribution in [3.05, 3.63) is 58.6 Å². The Kier molecular flexibility index (Phi) is 11.0. The molecule has 0 heterocycles. The van der Waals surface area contributed by atoms with Crippen LogP contribution in [0.5, 0.6) is 5.75 Å². The van der Waals surface area contributed by atoms with Gasteiger partial charge in [-0.2, -0.15) is 13.2 Å². The van der Waals surface area contributed by atoms with E-state index in [9.17, 15) is 27.9 Å². The number of rotatable bonds is 7. The lowest BCUT2D eigenvalue weighted by Crippen LogP contribution is -2.43. The van der Waals surface area contributed by atoms with Crippen LogP contribution in [0.15, 0.2) is 42.5 Å². The lowest BCUT2D eigenvalue weighted by Gasteiger charge is -2.17. The number of anilines is 1. The predicted octanol–water partition coefficient (Wildman–Crippen LogP) is 2.53. The Morgan fingerprint density at radius 1 is 1.03 bits per heavy atom. The van der Waals surface area contributed by atoms with Gasteiger partial charge in [-0.1, -0.05) is 23.7 Å². The first-order chi connectivity index (χ1) is 16.2. The molecule has 0 aliphatic heterocycles. The summed E-state index contributed by atoms with van der Waals surface area (Å²) in [5.41, 5.74) is -0.440. The van der Waals surface area contributed by atoms with Crippen LogP contribution in [0.3, 0.4) is 0 Å². The molecule has 190 valence electrons. The number of aliphatic carboxylic acids is 2. The molecule has 1 unspecified atom stereocenters. The maximum Gasteiger partial charge on any atom is 0.417 e. The first kappa shape index (κ1) is 29.2. The third-order valence-electron chi connectivity index (χ3n) is 4.11. The van der Waals surface area contributed by atoms with Crippen molar-refractivity contribution >= 4 is 41.1 Å². The van der Waals surface area contributed by atoms with Crippen molar-refractivity contribution < 1.29 is 52.4 Å². The van der Waals surface area contributed by atoms with E-state index in [1.165, 1.54) is 25.3 Å². The normalized spacial score (nSPS) is 11.5. The maximum atomic E-state index is 12.9. The van der Waals surface area contributed by atoms with Crippen molar-refractivity contribution in [3.8, 4) is 5.75 Å². The number of hydrogen-bond donors (Lipinski definition) is 5. The fraction of sp³-hybridized carbons (Fsp3) is 0.238. The van der Waals surface area contributed by atoms with Crippen molar-refractivity contribution in [2.45, 2.75) is 18.6 Å². The quantitative estimate of drug-likeness (QED) is 0.273. The van der Waals surface area contributed by atoms with Crippen LogP contribution in [0.1, 0.15) is 11.1 Å². The average Bonchev–Trinajstić information content (AvgIpc) is 2.78. The number of ether oxygens (including phenoxy) is 1. The molecule has 0 saturated carbocycles. The van der Waals surface area contributed by atoms with Crippen molar-refractivity contribution in [1.82, 2.24) is 5.32 Å². The summed E-state index contributed by atoms with van der Waals surface area (Å²) >= 11 is 5.55. The highest BCUT2D eigenvalue weighted by Gasteiger charge is 2.33. The fourth-order valence-electron chi connectivity index (χ4n) is 2.49. The summed E-state index contributed by atoms with van der Waals surface area (Å²) in [6.07, 6.45) is -4.48. The number of aromatic hydroxyl groups is 1. The average molecular weight is 521 g/mol. The van der Waals surface area contributed by atoms with E-state index in [2.05, 4.69) is 10.6 Å². The lowest BCUT2D eigenvalue weighted by molar-refractivity contribution is -0.159. The molecule has 0 fully saturated rings. The molecule has 35 heavy (non-hydrogen) atoms. The van der Waals surface area contributed by atoms with E-state index < -0.39 is 46.6 Å². The molecule has 0 aliphatic carbocycles. The molecular weight excluding hydrogens is 501 g/mol. The fourth-order valence-corrected chi connectivity index (χ4v) is 2.71. The minimum Gasteiger partial charge on any atom is -0.508 e. The number of halogens is 4. The van der Waals surface area contributed by atoms with Gasteiger partial charge in [0.1, 0.15) is 11.8 Å². The number of esters is 1. The third-order valence-corrected chi connectivity index (χ3v) is 4.44. The Labute approximate surface area is 201 Å². The zero-order chi connectivity index (χ0) is 26.8. The summed E-state index contributed by atoms with van der Waals surface area (Å²) in [5, 5.41) is 28.6.